The number of methoxy groups -OCH3 is 1. The summed E-state index contributed by atoms with van der Waals surface area (Å²) in [6.07, 6.45) is 3.00. The molecule has 0 aliphatic rings. The van der Waals surface area contributed by atoms with Crippen molar-refractivity contribution in [2.45, 2.75) is 33.1 Å². The molecule has 0 amide bonds. The fourth-order valence-corrected chi connectivity index (χ4v) is 3.51. The van der Waals surface area contributed by atoms with Crippen LogP contribution in [0.3, 0.4) is 0 Å². The number of nitrogens with one attached hydrogen (secondary N) is 1. The molecule has 0 spiro atoms. The van der Waals surface area contributed by atoms with Gasteiger partial charge in [-0.25, -0.2) is 0 Å². The maximum atomic E-state index is 5.83. The molecule has 0 saturated heterocycles. The number of unbranched alkanes of at least 4 members (excludes halogenated alkanes) is 1. The molecule has 3 rings (SSSR count). The molecule has 0 unspecified atom stereocenters. The fraction of sp³-hybridized carbons (Fsp3) is 0.391. The summed E-state index contributed by atoms with van der Waals surface area (Å²) < 4.78 is 17.0. The highest BCUT2D eigenvalue weighted by Crippen LogP contribution is 2.37. The summed E-state index contributed by atoms with van der Waals surface area (Å²) in [7, 11) is 1.70. The number of hydrogen-bond donors (Lipinski definition) is 2. The number of aromatic nitrogens is 1. The summed E-state index contributed by atoms with van der Waals surface area (Å²) in [6, 6.07) is 12.3. The Morgan fingerprint density at radius 2 is 1.71 bits per heavy atom. The Kier molecular flexibility index (Phi) is 6.82. The molecule has 5 heteroatoms. The van der Waals surface area contributed by atoms with Gasteiger partial charge in [-0.15, -0.1) is 0 Å². The van der Waals surface area contributed by atoms with Crippen molar-refractivity contribution in [2.75, 3.05) is 26.9 Å². The lowest BCUT2D eigenvalue weighted by molar-refractivity contribution is 0.288. The van der Waals surface area contributed by atoms with Crippen molar-refractivity contribution in [3.05, 3.63) is 42.0 Å². The molecular weight excluding hydrogens is 352 g/mol. The van der Waals surface area contributed by atoms with E-state index < -0.39 is 0 Å². The Balaban J connectivity index is 2.10. The van der Waals surface area contributed by atoms with Gasteiger partial charge in [-0.1, -0.05) is 0 Å². The van der Waals surface area contributed by atoms with Gasteiger partial charge in [0.25, 0.3) is 0 Å². The number of H-pyrrole nitrogens is 1. The largest absolute Gasteiger partial charge is 0.497 e. The van der Waals surface area contributed by atoms with Crippen molar-refractivity contribution in [3.8, 4) is 28.5 Å². The summed E-state index contributed by atoms with van der Waals surface area (Å²) in [5.74, 6) is 2.40. The average Bonchev–Trinajstić information content (AvgIpc) is 3.07. The second kappa shape index (κ2) is 9.51. The van der Waals surface area contributed by atoms with Crippen LogP contribution in [-0.4, -0.2) is 31.9 Å². The summed E-state index contributed by atoms with van der Waals surface area (Å²) in [5.41, 5.74) is 10.3. The Bertz CT molecular complexity index is 918. The van der Waals surface area contributed by atoms with Gasteiger partial charge in [-0.3, -0.25) is 0 Å². The highest BCUT2D eigenvalue weighted by Gasteiger charge is 2.16. The number of nitrogens with two attached hydrogens (primary N) is 1. The predicted molar refractivity (Wildman–Crippen MR) is 115 cm³/mol. The van der Waals surface area contributed by atoms with Crippen LogP contribution in [0.4, 0.5) is 0 Å². The molecule has 1 aromatic heterocycles. The molecule has 0 aliphatic carbocycles. The number of fused-ring (bicyclic) bond motifs is 1. The van der Waals surface area contributed by atoms with E-state index >= 15 is 0 Å². The molecule has 2 aromatic carbocycles. The molecule has 150 valence electrons. The van der Waals surface area contributed by atoms with E-state index in [4.69, 9.17) is 19.9 Å². The zero-order chi connectivity index (χ0) is 19.9. The van der Waals surface area contributed by atoms with E-state index in [2.05, 4.69) is 29.2 Å². The van der Waals surface area contributed by atoms with Crippen molar-refractivity contribution in [1.29, 1.82) is 0 Å². The number of aromatic amines is 1. The average molecular weight is 383 g/mol. The van der Waals surface area contributed by atoms with Gasteiger partial charge in [0.2, 0.25) is 0 Å². The minimum absolute atomic E-state index is 0.594. The van der Waals surface area contributed by atoms with Gasteiger partial charge in [0.05, 0.1) is 20.3 Å². The molecular formula is C23H30N2O3. The summed E-state index contributed by atoms with van der Waals surface area (Å²) >= 11 is 0. The van der Waals surface area contributed by atoms with Gasteiger partial charge in [-0.05, 0) is 81.6 Å². The SMILES string of the molecule is CCOc1ccc(-c2[nH]c3ccc(OC)cc3c2CCCCN)cc1OCC. The smallest absolute Gasteiger partial charge is 0.161 e. The lowest BCUT2D eigenvalue weighted by Gasteiger charge is -2.13. The van der Waals surface area contributed by atoms with Gasteiger partial charge in [0, 0.05) is 22.2 Å². The molecule has 1 heterocycles. The second-order valence-electron chi connectivity index (χ2n) is 6.66. The molecule has 0 saturated carbocycles. The Morgan fingerprint density at radius 3 is 2.43 bits per heavy atom. The molecule has 0 aliphatic heterocycles. The van der Waals surface area contributed by atoms with Crippen molar-refractivity contribution in [3.63, 3.8) is 0 Å². The predicted octanol–water partition coefficient (Wildman–Crippen LogP) is 4.92. The highest BCUT2D eigenvalue weighted by atomic mass is 16.5. The van der Waals surface area contributed by atoms with Crippen LogP contribution in [0.15, 0.2) is 36.4 Å². The molecule has 0 bridgehead atoms. The molecule has 28 heavy (non-hydrogen) atoms. The zero-order valence-electron chi connectivity index (χ0n) is 17.0. The maximum absolute atomic E-state index is 5.83. The number of rotatable bonds is 10. The number of hydrogen-bond acceptors (Lipinski definition) is 4. The first-order valence-corrected chi connectivity index (χ1v) is 10.0. The topological polar surface area (TPSA) is 69.5 Å². The summed E-state index contributed by atoms with van der Waals surface area (Å²) in [6.45, 7) is 5.87. The minimum atomic E-state index is 0.594. The van der Waals surface area contributed by atoms with Gasteiger partial charge in [-0.2, -0.15) is 0 Å². The molecule has 0 atom stereocenters. The Labute approximate surface area is 166 Å². The van der Waals surface area contributed by atoms with E-state index in [1.807, 2.05) is 26.0 Å². The third-order valence-corrected chi connectivity index (χ3v) is 4.83. The highest BCUT2D eigenvalue weighted by molar-refractivity contribution is 5.92. The molecule has 0 fully saturated rings. The number of aryl methyl sites for hydroxylation is 1. The van der Waals surface area contributed by atoms with Crippen LogP contribution in [0, 0.1) is 0 Å². The Morgan fingerprint density at radius 1 is 0.929 bits per heavy atom. The van der Waals surface area contributed by atoms with Crippen molar-refractivity contribution in [2.24, 2.45) is 5.73 Å². The summed E-state index contributed by atoms with van der Waals surface area (Å²) in [4.78, 5) is 3.60. The lowest BCUT2D eigenvalue weighted by atomic mass is 10.00. The van der Waals surface area contributed by atoms with E-state index in [-0.39, 0.29) is 0 Å². The van der Waals surface area contributed by atoms with Crippen molar-refractivity contribution >= 4 is 10.9 Å². The van der Waals surface area contributed by atoms with Gasteiger partial charge >= 0.3 is 0 Å². The third kappa shape index (κ3) is 4.25. The first kappa shape index (κ1) is 20.1. The van der Waals surface area contributed by atoms with Crippen LogP contribution in [0.5, 0.6) is 17.2 Å². The third-order valence-electron chi connectivity index (χ3n) is 4.83. The number of benzene rings is 2. The fourth-order valence-electron chi connectivity index (χ4n) is 3.51. The summed E-state index contributed by atoms with van der Waals surface area (Å²) in [5, 5.41) is 1.19. The van der Waals surface area contributed by atoms with Gasteiger partial charge < -0.3 is 24.9 Å². The van der Waals surface area contributed by atoms with E-state index in [1.54, 1.807) is 7.11 Å². The quantitative estimate of drug-likeness (QED) is 0.488. The monoisotopic (exact) mass is 382 g/mol. The van der Waals surface area contributed by atoms with Crippen LogP contribution >= 0.6 is 0 Å². The normalized spacial score (nSPS) is 11.0. The first-order valence-electron chi connectivity index (χ1n) is 10.0. The van der Waals surface area contributed by atoms with Crippen molar-refractivity contribution in [1.82, 2.24) is 4.98 Å². The molecule has 3 aromatic rings. The molecule has 3 N–H and O–H groups in total. The molecule has 0 radical (unpaired) electrons. The van der Waals surface area contributed by atoms with Crippen LogP contribution < -0.4 is 19.9 Å². The van der Waals surface area contributed by atoms with E-state index in [9.17, 15) is 0 Å². The van der Waals surface area contributed by atoms with Gasteiger partial charge in [0.1, 0.15) is 5.75 Å². The number of ether oxygens (including phenoxy) is 3. The van der Waals surface area contributed by atoms with E-state index in [1.165, 1.54) is 10.9 Å². The Hall–Kier alpha value is -2.66. The van der Waals surface area contributed by atoms with Crippen LogP contribution in [0.2, 0.25) is 0 Å². The van der Waals surface area contributed by atoms with Gasteiger partial charge in [0.15, 0.2) is 11.5 Å². The van der Waals surface area contributed by atoms with Crippen LogP contribution in [0.1, 0.15) is 32.3 Å². The van der Waals surface area contributed by atoms with Crippen molar-refractivity contribution < 1.29 is 14.2 Å². The van der Waals surface area contributed by atoms with Crippen LogP contribution in [-0.2, 0) is 6.42 Å². The maximum Gasteiger partial charge on any atom is 0.161 e. The standard InChI is InChI=1S/C23H30N2O3/c1-4-27-21-12-9-16(14-22(21)28-5-2)23-18(8-6-7-13-24)19-15-17(26-3)10-11-20(19)25-23/h9-12,14-15,25H,4-8,13,24H2,1-3H3. The lowest BCUT2D eigenvalue weighted by Crippen LogP contribution is -2.00. The first-order chi connectivity index (χ1) is 13.7. The molecule has 5 nitrogen and oxygen atoms in total. The second-order valence-corrected chi connectivity index (χ2v) is 6.66. The van der Waals surface area contributed by atoms with E-state index in [0.717, 1.165) is 53.3 Å². The minimum Gasteiger partial charge on any atom is -0.497 e. The van der Waals surface area contributed by atoms with Crippen LogP contribution in [0.25, 0.3) is 22.2 Å². The zero-order valence-corrected chi connectivity index (χ0v) is 17.0. The van der Waals surface area contributed by atoms with E-state index in [0.29, 0.717) is 19.8 Å².